The van der Waals surface area contributed by atoms with E-state index in [1.807, 2.05) is 16.9 Å². The minimum absolute atomic E-state index is 0.219. The van der Waals surface area contributed by atoms with Gasteiger partial charge < -0.3 is 9.30 Å². The van der Waals surface area contributed by atoms with Crippen molar-refractivity contribution in [2.24, 2.45) is 0 Å². The molecule has 0 atom stereocenters. The quantitative estimate of drug-likeness (QED) is 0.741. The molecule has 0 spiro atoms. The molecule has 122 valence electrons. The summed E-state index contributed by atoms with van der Waals surface area (Å²) in [6, 6.07) is 2.17. The zero-order valence-corrected chi connectivity index (χ0v) is 13.7. The van der Waals surface area contributed by atoms with Crippen molar-refractivity contribution < 1.29 is 4.74 Å². The number of hydrogen-bond donors (Lipinski definition) is 0. The van der Waals surface area contributed by atoms with Crippen LogP contribution in [0.1, 0.15) is 25.6 Å². The van der Waals surface area contributed by atoms with E-state index in [9.17, 15) is 0 Å². The molecule has 0 aliphatic carbocycles. The van der Waals surface area contributed by atoms with Gasteiger partial charge in [-0.15, -0.1) is 0 Å². The van der Waals surface area contributed by atoms with Gasteiger partial charge in [0.2, 0.25) is 0 Å². The lowest BCUT2D eigenvalue weighted by Gasteiger charge is -2.07. The Hall–Kier alpha value is -2.96. The van der Waals surface area contributed by atoms with Gasteiger partial charge in [0.15, 0.2) is 5.82 Å². The van der Waals surface area contributed by atoms with Gasteiger partial charge >= 0.3 is 0 Å². The van der Waals surface area contributed by atoms with Crippen LogP contribution in [0.25, 0.3) is 29.0 Å². The molecule has 0 amide bonds. The first kappa shape index (κ1) is 14.6. The van der Waals surface area contributed by atoms with Gasteiger partial charge in [-0.1, -0.05) is 6.58 Å². The Balaban J connectivity index is 1.87. The lowest BCUT2D eigenvalue weighted by atomic mass is 10.2. The predicted octanol–water partition coefficient (Wildman–Crippen LogP) is 2.82. The van der Waals surface area contributed by atoms with Crippen LogP contribution in [-0.4, -0.2) is 35.9 Å². The number of imidazole rings is 1. The molecule has 0 radical (unpaired) electrons. The van der Waals surface area contributed by atoms with Crippen molar-refractivity contribution >= 4 is 6.08 Å². The molecule has 0 unspecified atom stereocenters. The van der Waals surface area contributed by atoms with Crippen molar-refractivity contribution in [1.29, 1.82) is 0 Å². The van der Waals surface area contributed by atoms with E-state index < -0.39 is 0 Å². The fourth-order valence-corrected chi connectivity index (χ4v) is 2.83. The first-order valence-corrected chi connectivity index (χ1v) is 7.90. The van der Waals surface area contributed by atoms with Gasteiger partial charge in [0.1, 0.15) is 30.2 Å². The molecule has 7 heteroatoms. The molecule has 7 nitrogen and oxygen atoms in total. The summed E-state index contributed by atoms with van der Waals surface area (Å²) in [6.45, 7) is 9.22. The van der Waals surface area contributed by atoms with Crippen molar-refractivity contribution in [1.82, 2.24) is 29.3 Å². The van der Waals surface area contributed by atoms with E-state index in [4.69, 9.17) is 9.72 Å². The molecule has 3 aromatic rings. The van der Waals surface area contributed by atoms with Crippen molar-refractivity contribution in [3.63, 3.8) is 0 Å². The Labute approximate surface area is 139 Å². The van der Waals surface area contributed by atoms with Gasteiger partial charge in [-0.2, -0.15) is 5.10 Å². The molecule has 1 aliphatic heterocycles. The largest absolute Gasteiger partial charge is 0.489 e. The van der Waals surface area contributed by atoms with Crippen LogP contribution in [0.3, 0.4) is 0 Å². The predicted molar refractivity (Wildman–Crippen MR) is 90.4 cm³/mol. The van der Waals surface area contributed by atoms with Gasteiger partial charge in [0, 0.05) is 12.2 Å². The SMILES string of the molecule is C=Cc1cc2c(cn1)OCCn1cc(-c3ncnn3C(C)C)nc1-2. The lowest BCUT2D eigenvalue weighted by Crippen LogP contribution is -2.06. The maximum absolute atomic E-state index is 5.79. The number of aromatic nitrogens is 6. The van der Waals surface area contributed by atoms with Crippen LogP contribution in [0.15, 0.2) is 31.4 Å². The highest BCUT2D eigenvalue weighted by atomic mass is 16.5. The van der Waals surface area contributed by atoms with Crippen molar-refractivity contribution in [3.8, 4) is 28.7 Å². The monoisotopic (exact) mass is 322 g/mol. The topological polar surface area (TPSA) is 70.7 Å². The van der Waals surface area contributed by atoms with E-state index in [-0.39, 0.29) is 6.04 Å². The molecule has 0 aromatic carbocycles. The van der Waals surface area contributed by atoms with Crippen LogP contribution in [0.4, 0.5) is 0 Å². The van der Waals surface area contributed by atoms with Crippen LogP contribution in [0, 0.1) is 0 Å². The molecule has 0 saturated heterocycles. The van der Waals surface area contributed by atoms with Crippen LogP contribution < -0.4 is 4.74 Å². The zero-order valence-electron chi connectivity index (χ0n) is 13.7. The molecule has 4 heterocycles. The molecule has 0 N–H and O–H groups in total. The minimum atomic E-state index is 0.219. The van der Waals surface area contributed by atoms with Gasteiger partial charge in [0.25, 0.3) is 0 Å². The Kier molecular flexibility index (Phi) is 3.41. The number of pyridine rings is 1. The Bertz CT molecular complexity index is 908. The van der Waals surface area contributed by atoms with Gasteiger partial charge in [0.05, 0.1) is 24.0 Å². The highest BCUT2D eigenvalue weighted by Gasteiger charge is 2.22. The molecule has 24 heavy (non-hydrogen) atoms. The Morgan fingerprint density at radius 2 is 2.17 bits per heavy atom. The van der Waals surface area contributed by atoms with Crippen molar-refractivity contribution in [2.75, 3.05) is 6.61 Å². The summed E-state index contributed by atoms with van der Waals surface area (Å²) >= 11 is 0. The number of nitrogens with zero attached hydrogens (tertiary/aromatic N) is 6. The summed E-state index contributed by atoms with van der Waals surface area (Å²) in [4.78, 5) is 13.5. The Morgan fingerprint density at radius 3 is 2.96 bits per heavy atom. The first-order valence-electron chi connectivity index (χ1n) is 7.90. The van der Waals surface area contributed by atoms with E-state index in [0.717, 1.165) is 40.9 Å². The molecular formula is C17H18N6O. The smallest absolute Gasteiger partial charge is 0.178 e. The van der Waals surface area contributed by atoms with Gasteiger partial charge in [-0.3, -0.25) is 4.98 Å². The number of ether oxygens (including phenoxy) is 1. The summed E-state index contributed by atoms with van der Waals surface area (Å²) < 4.78 is 9.76. The molecule has 0 fully saturated rings. The number of rotatable bonds is 3. The summed E-state index contributed by atoms with van der Waals surface area (Å²) in [5.74, 6) is 2.36. The van der Waals surface area contributed by atoms with Crippen molar-refractivity contribution in [3.05, 3.63) is 37.1 Å². The third-order valence-electron chi connectivity index (χ3n) is 4.00. The fourth-order valence-electron chi connectivity index (χ4n) is 2.83. The molecule has 0 saturated carbocycles. The molecule has 0 bridgehead atoms. The van der Waals surface area contributed by atoms with Crippen LogP contribution >= 0.6 is 0 Å². The molecule has 4 rings (SSSR count). The number of hydrogen-bond acceptors (Lipinski definition) is 5. The number of fused-ring (bicyclic) bond motifs is 3. The molecule has 3 aromatic heterocycles. The fraction of sp³-hybridized carbons (Fsp3) is 0.294. The second kappa shape index (κ2) is 5.59. The lowest BCUT2D eigenvalue weighted by molar-refractivity contribution is 0.305. The van der Waals surface area contributed by atoms with E-state index in [0.29, 0.717) is 6.61 Å². The third-order valence-corrected chi connectivity index (χ3v) is 4.00. The second-order valence-corrected chi connectivity index (χ2v) is 5.92. The Morgan fingerprint density at radius 1 is 1.29 bits per heavy atom. The highest BCUT2D eigenvalue weighted by molar-refractivity contribution is 5.69. The maximum atomic E-state index is 5.79. The van der Waals surface area contributed by atoms with E-state index in [1.54, 1.807) is 18.6 Å². The maximum Gasteiger partial charge on any atom is 0.178 e. The van der Waals surface area contributed by atoms with Gasteiger partial charge in [-0.05, 0) is 26.0 Å². The van der Waals surface area contributed by atoms with Crippen LogP contribution in [0.2, 0.25) is 0 Å². The molecular weight excluding hydrogens is 304 g/mol. The van der Waals surface area contributed by atoms with E-state index >= 15 is 0 Å². The minimum Gasteiger partial charge on any atom is -0.489 e. The third kappa shape index (κ3) is 2.29. The second-order valence-electron chi connectivity index (χ2n) is 5.92. The standard InChI is InChI=1S/C17H18N6O/c1-4-12-7-13-15(8-18-12)24-6-5-22-9-14(21-16(13)22)17-19-10-20-23(17)11(2)3/h4,7-11H,1,5-6H2,2-3H3. The van der Waals surface area contributed by atoms with E-state index in [2.05, 4.69) is 40.1 Å². The van der Waals surface area contributed by atoms with Crippen LogP contribution in [0.5, 0.6) is 5.75 Å². The summed E-state index contributed by atoms with van der Waals surface area (Å²) in [7, 11) is 0. The zero-order chi connectivity index (χ0) is 16.7. The molecule has 1 aliphatic rings. The highest BCUT2D eigenvalue weighted by Crippen LogP contribution is 2.33. The average Bonchev–Trinajstić information content (AvgIpc) is 3.19. The van der Waals surface area contributed by atoms with Crippen molar-refractivity contribution in [2.45, 2.75) is 26.4 Å². The first-order chi connectivity index (χ1) is 11.7. The average molecular weight is 322 g/mol. The van der Waals surface area contributed by atoms with Crippen LogP contribution in [-0.2, 0) is 6.54 Å². The summed E-state index contributed by atoms with van der Waals surface area (Å²) in [5.41, 5.74) is 2.51. The van der Waals surface area contributed by atoms with Gasteiger partial charge in [-0.25, -0.2) is 14.6 Å². The summed E-state index contributed by atoms with van der Waals surface area (Å²) in [5, 5.41) is 4.30. The van der Waals surface area contributed by atoms with E-state index in [1.165, 1.54) is 0 Å². The summed E-state index contributed by atoms with van der Waals surface area (Å²) in [6.07, 6.45) is 7.02. The normalized spacial score (nSPS) is 13.1.